The number of rotatable bonds is 2. The van der Waals surface area contributed by atoms with E-state index in [1.165, 1.54) is 11.1 Å². The van der Waals surface area contributed by atoms with Gasteiger partial charge in [0.1, 0.15) is 0 Å². The maximum atomic E-state index is 5.80. The highest BCUT2D eigenvalue weighted by atomic mass is 16.5. The van der Waals surface area contributed by atoms with Crippen LogP contribution in [0.15, 0.2) is 36.9 Å². The van der Waals surface area contributed by atoms with Gasteiger partial charge in [-0.3, -0.25) is 4.98 Å². The molecule has 1 aromatic carbocycles. The van der Waals surface area contributed by atoms with Crippen LogP contribution in [0.1, 0.15) is 43.9 Å². The minimum absolute atomic E-state index is 0.0355. The van der Waals surface area contributed by atoms with Crippen molar-refractivity contribution in [3.63, 3.8) is 0 Å². The first-order chi connectivity index (χ1) is 9.57. The fourth-order valence-electron chi connectivity index (χ4n) is 3.00. The SMILES string of the molecule is C=Cc1ccc2nc(C3CCOC(C)(C)C3)ccc2c1. The summed E-state index contributed by atoms with van der Waals surface area (Å²) in [6.07, 6.45) is 3.97. The zero-order valence-corrected chi connectivity index (χ0v) is 12.2. The zero-order chi connectivity index (χ0) is 14.2. The summed E-state index contributed by atoms with van der Waals surface area (Å²) in [6.45, 7) is 8.96. The average molecular weight is 267 g/mol. The molecule has 3 rings (SSSR count). The molecule has 1 fully saturated rings. The minimum Gasteiger partial charge on any atom is -0.376 e. The second-order valence-electron chi connectivity index (χ2n) is 6.19. The molecule has 1 atom stereocenters. The molecule has 0 amide bonds. The van der Waals surface area contributed by atoms with E-state index in [0.717, 1.165) is 30.5 Å². The summed E-state index contributed by atoms with van der Waals surface area (Å²) in [5.74, 6) is 0.502. The molecule has 0 spiro atoms. The van der Waals surface area contributed by atoms with Crippen LogP contribution in [0.3, 0.4) is 0 Å². The Labute approximate surface area is 120 Å². The molecule has 104 valence electrons. The minimum atomic E-state index is -0.0355. The molecule has 2 nitrogen and oxygen atoms in total. The van der Waals surface area contributed by atoms with Crippen molar-refractivity contribution in [3.05, 3.63) is 48.2 Å². The molecule has 0 radical (unpaired) electrons. The van der Waals surface area contributed by atoms with Gasteiger partial charge in [-0.05, 0) is 50.5 Å². The van der Waals surface area contributed by atoms with Crippen LogP contribution in [-0.4, -0.2) is 17.2 Å². The van der Waals surface area contributed by atoms with Gasteiger partial charge in [0.2, 0.25) is 0 Å². The van der Waals surface area contributed by atoms with Gasteiger partial charge in [-0.2, -0.15) is 0 Å². The largest absolute Gasteiger partial charge is 0.376 e. The first-order valence-corrected chi connectivity index (χ1v) is 7.24. The van der Waals surface area contributed by atoms with Crippen molar-refractivity contribution in [3.8, 4) is 0 Å². The summed E-state index contributed by atoms with van der Waals surface area (Å²) in [4.78, 5) is 4.85. The number of pyridine rings is 1. The lowest BCUT2D eigenvalue weighted by Crippen LogP contribution is -2.33. The van der Waals surface area contributed by atoms with Crippen LogP contribution in [0, 0.1) is 0 Å². The molecule has 1 aromatic heterocycles. The summed E-state index contributed by atoms with van der Waals surface area (Å²) in [5, 5.41) is 1.18. The van der Waals surface area contributed by atoms with Crippen molar-refractivity contribution >= 4 is 17.0 Å². The van der Waals surface area contributed by atoms with Crippen molar-refractivity contribution in [2.45, 2.75) is 38.2 Å². The van der Waals surface area contributed by atoms with E-state index in [-0.39, 0.29) is 5.60 Å². The highest BCUT2D eigenvalue weighted by Crippen LogP contribution is 2.35. The number of ether oxygens (including phenoxy) is 1. The third-order valence-electron chi connectivity index (χ3n) is 4.09. The molecule has 2 heteroatoms. The Morgan fingerprint density at radius 1 is 1.30 bits per heavy atom. The quantitative estimate of drug-likeness (QED) is 0.796. The fourth-order valence-corrected chi connectivity index (χ4v) is 3.00. The van der Waals surface area contributed by atoms with Crippen LogP contribution in [0.4, 0.5) is 0 Å². The molecule has 0 bridgehead atoms. The summed E-state index contributed by atoms with van der Waals surface area (Å²) >= 11 is 0. The van der Waals surface area contributed by atoms with E-state index in [0.29, 0.717) is 5.92 Å². The maximum Gasteiger partial charge on any atom is 0.0705 e. The number of fused-ring (bicyclic) bond motifs is 1. The molecule has 1 aliphatic rings. The van der Waals surface area contributed by atoms with E-state index in [2.05, 4.69) is 50.8 Å². The third-order valence-corrected chi connectivity index (χ3v) is 4.09. The molecule has 1 saturated heterocycles. The Morgan fingerprint density at radius 3 is 2.90 bits per heavy atom. The molecular formula is C18H21NO. The van der Waals surface area contributed by atoms with Gasteiger partial charge in [-0.1, -0.05) is 24.8 Å². The molecule has 20 heavy (non-hydrogen) atoms. The lowest BCUT2D eigenvalue weighted by Gasteiger charge is -2.35. The molecular weight excluding hydrogens is 246 g/mol. The molecule has 2 heterocycles. The topological polar surface area (TPSA) is 22.1 Å². The van der Waals surface area contributed by atoms with Crippen LogP contribution >= 0.6 is 0 Å². The van der Waals surface area contributed by atoms with Crippen molar-refractivity contribution < 1.29 is 4.74 Å². The van der Waals surface area contributed by atoms with Gasteiger partial charge < -0.3 is 4.74 Å². The number of nitrogens with zero attached hydrogens (tertiary/aromatic N) is 1. The Morgan fingerprint density at radius 2 is 2.15 bits per heavy atom. The van der Waals surface area contributed by atoms with Crippen LogP contribution in [0.25, 0.3) is 17.0 Å². The molecule has 0 N–H and O–H groups in total. The molecule has 1 unspecified atom stereocenters. The first kappa shape index (κ1) is 13.3. The highest BCUT2D eigenvalue weighted by Gasteiger charge is 2.30. The van der Waals surface area contributed by atoms with Gasteiger partial charge in [0.05, 0.1) is 11.1 Å². The van der Waals surface area contributed by atoms with E-state index >= 15 is 0 Å². The van der Waals surface area contributed by atoms with Gasteiger partial charge in [0.15, 0.2) is 0 Å². The van der Waals surface area contributed by atoms with Gasteiger partial charge >= 0.3 is 0 Å². The normalized spacial score (nSPS) is 21.8. The monoisotopic (exact) mass is 267 g/mol. The smallest absolute Gasteiger partial charge is 0.0705 e. The Bertz CT molecular complexity index is 645. The van der Waals surface area contributed by atoms with Crippen LogP contribution in [0.2, 0.25) is 0 Å². The number of hydrogen-bond acceptors (Lipinski definition) is 2. The fraction of sp³-hybridized carbons (Fsp3) is 0.389. The highest BCUT2D eigenvalue weighted by molar-refractivity contribution is 5.81. The second-order valence-corrected chi connectivity index (χ2v) is 6.19. The molecule has 0 saturated carbocycles. The predicted octanol–water partition coefficient (Wildman–Crippen LogP) is 4.55. The lowest BCUT2D eigenvalue weighted by atomic mass is 9.86. The molecule has 1 aliphatic heterocycles. The third kappa shape index (κ3) is 2.61. The number of hydrogen-bond donors (Lipinski definition) is 0. The Balaban J connectivity index is 1.94. The maximum absolute atomic E-state index is 5.80. The standard InChI is InChI=1S/C18H21NO/c1-4-13-5-7-16-14(11-13)6-8-17(19-16)15-9-10-20-18(2,3)12-15/h4-8,11,15H,1,9-10,12H2,2-3H3. The number of aromatic nitrogens is 1. The van der Waals surface area contributed by atoms with Crippen molar-refractivity contribution in [1.82, 2.24) is 4.98 Å². The van der Waals surface area contributed by atoms with E-state index in [4.69, 9.17) is 9.72 Å². The molecule has 0 aliphatic carbocycles. The Hall–Kier alpha value is -1.67. The van der Waals surface area contributed by atoms with Crippen molar-refractivity contribution in [2.75, 3.05) is 6.61 Å². The van der Waals surface area contributed by atoms with Gasteiger partial charge in [0, 0.05) is 23.6 Å². The Kier molecular flexibility index (Phi) is 3.35. The van der Waals surface area contributed by atoms with E-state index < -0.39 is 0 Å². The lowest BCUT2D eigenvalue weighted by molar-refractivity contribution is -0.0597. The van der Waals surface area contributed by atoms with Gasteiger partial charge in [-0.15, -0.1) is 0 Å². The van der Waals surface area contributed by atoms with Crippen molar-refractivity contribution in [2.24, 2.45) is 0 Å². The first-order valence-electron chi connectivity index (χ1n) is 7.24. The van der Waals surface area contributed by atoms with E-state index in [9.17, 15) is 0 Å². The summed E-state index contributed by atoms with van der Waals surface area (Å²) in [7, 11) is 0. The number of benzene rings is 1. The summed E-state index contributed by atoms with van der Waals surface area (Å²) in [5.41, 5.74) is 3.36. The molecule has 2 aromatic rings. The zero-order valence-electron chi connectivity index (χ0n) is 12.2. The average Bonchev–Trinajstić information content (AvgIpc) is 2.45. The van der Waals surface area contributed by atoms with Crippen molar-refractivity contribution in [1.29, 1.82) is 0 Å². The predicted molar refractivity (Wildman–Crippen MR) is 83.8 cm³/mol. The second kappa shape index (κ2) is 5.02. The van der Waals surface area contributed by atoms with Crippen LogP contribution < -0.4 is 0 Å². The van der Waals surface area contributed by atoms with Crippen LogP contribution in [0.5, 0.6) is 0 Å². The van der Waals surface area contributed by atoms with Gasteiger partial charge in [0.25, 0.3) is 0 Å². The van der Waals surface area contributed by atoms with E-state index in [1.54, 1.807) is 0 Å². The summed E-state index contributed by atoms with van der Waals surface area (Å²) in [6, 6.07) is 10.6. The summed E-state index contributed by atoms with van der Waals surface area (Å²) < 4.78 is 5.80. The van der Waals surface area contributed by atoms with Gasteiger partial charge in [-0.25, -0.2) is 0 Å². The van der Waals surface area contributed by atoms with Crippen LogP contribution in [-0.2, 0) is 4.74 Å². The van der Waals surface area contributed by atoms with E-state index in [1.807, 2.05) is 6.08 Å².